The van der Waals surface area contributed by atoms with Crippen LogP contribution in [0, 0.1) is 5.41 Å². The topological polar surface area (TPSA) is 46.9 Å². The van der Waals surface area contributed by atoms with E-state index < -0.39 is 0 Å². The molecule has 0 unspecified atom stereocenters. The molecule has 18 heavy (non-hydrogen) atoms. The van der Waals surface area contributed by atoms with Crippen LogP contribution in [0.15, 0.2) is 15.5 Å². The zero-order valence-corrected chi connectivity index (χ0v) is 13.3. The number of aromatic nitrogens is 2. The van der Waals surface area contributed by atoms with Gasteiger partial charge in [0.2, 0.25) is 0 Å². The van der Waals surface area contributed by atoms with Crippen LogP contribution in [-0.2, 0) is 0 Å². The molecule has 1 N–H and O–H groups in total. The minimum atomic E-state index is -0.0932. The predicted octanol–water partition coefficient (Wildman–Crippen LogP) is 3.43. The van der Waals surface area contributed by atoms with Gasteiger partial charge < -0.3 is 5.32 Å². The smallest absolute Gasteiger partial charge is 0.283 e. The van der Waals surface area contributed by atoms with E-state index in [0.29, 0.717) is 4.47 Å². The van der Waals surface area contributed by atoms with E-state index in [1.165, 1.54) is 4.68 Å². The third-order valence-electron chi connectivity index (χ3n) is 3.15. The minimum Gasteiger partial charge on any atom is -0.382 e. The van der Waals surface area contributed by atoms with Gasteiger partial charge in [-0.25, -0.2) is 4.68 Å². The summed E-state index contributed by atoms with van der Waals surface area (Å²) in [5.74, 6) is 0. The molecule has 0 aliphatic rings. The summed E-state index contributed by atoms with van der Waals surface area (Å²) >= 11 is 3.35. The molecule has 5 heteroatoms. The molecule has 0 aliphatic carbocycles. The Labute approximate surface area is 117 Å². The first-order chi connectivity index (χ1) is 8.28. The van der Waals surface area contributed by atoms with Crippen LogP contribution in [-0.4, -0.2) is 16.3 Å². The first-order valence-corrected chi connectivity index (χ1v) is 7.09. The molecule has 0 spiro atoms. The Morgan fingerprint density at radius 1 is 1.50 bits per heavy atom. The Kier molecular flexibility index (Phi) is 4.96. The summed E-state index contributed by atoms with van der Waals surface area (Å²) in [6.07, 6.45) is 2.78. The van der Waals surface area contributed by atoms with Crippen molar-refractivity contribution in [3.05, 3.63) is 21.0 Å². The molecule has 1 aromatic rings. The van der Waals surface area contributed by atoms with Gasteiger partial charge in [0, 0.05) is 6.54 Å². The van der Waals surface area contributed by atoms with Crippen LogP contribution >= 0.6 is 15.9 Å². The molecule has 0 aromatic carbocycles. The molecule has 102 valence electrons. The van der Waals surface area contributed by atoms with E-state index in [1.807, 2.05) is 13.8 Å². The highest BCUT2D eigenvalue weighted by molar-refractivity contribution is 9.10. The SMILES string of the molecule is CCC(C)(C)CNc1cnn(C(C)C)c(=O)c1Br. The van der Waals surface area contributed by atoms with E-state index in [0.717, 1.165) is 18.7 Å². The fourth-order valence-corrected chi connectivity index (χ4v) is 1.82. The lowest BCUT2D eigenvalue weighted by Gasteiger charge is -2.24. The van der Waals surface area contributed by atoms with Gasteiger partial charge in [0.15, 0.2) is 0 Å². The van der Waals surface area contributed by atoms with Gasteiger partial charge in [-0.1, -0.05) is 20.8 Å². The highest BCUT2D eigenvalue weighted by atomic mass is 79.9. The van der Waals surface area contributed by atoms with Crippen molar-refractivity contribution in [2.45, 2.75) is 47.1 Å². The van der Waals surface area contributed by atoms with E-state index >= 15 is 0 Å². The molecule has 0 saturated carbocycles. The minimum absolute atomic E-state index is 0.0648. The number of hydrogen-bond acceptors (Lipinski definition) is 3. The van der Waals surface area contributed by atoms with Crippen molar-refractivity contribution in [2.75, 3.05) is 11.9 Å². The fourth-order valence-electron chi connectivity index (χ4n) is 1.40. The maximum atomic E-state index is 12.0. The Morgan fingerprint density at radius 3 is 2.61 bits per heavy atom. The van der Waals surface area contributed by atoms with Gasteiger partial charge in [-0.05, 0) is 41.6 Å². The van der Waals surface area contributed by atoms with Gasteiger partial charge in [0.25, 0.3) is 5.56 Å². The van der Waals surface area contributed by atoms with Crippen molar-refractivity contribution < 1.29 is 0 Å². The van der Waals surface area contributed by atoms with Gasteiger partial charge >= 0.3 is 0 Å². The molecule has 4 nitrogen and oxygen atoms in total. The van der Waals surface area contributed by atoms with E-state index in [4.69, 9.17) is 0 Å². The molecular formula is C13H22BrN3O. The van der Waals surface area contributed by atoms with Crippen LogP contribution in [0.2, 0.25) is 0 Å². The predicted molar refractivity (Wildman–Crippen MR) is 79.1 cm³/mol. The second kappa shape index (κ2) is 5.87. The van der Waals surface area contributed by atoms with Crippen LogP contribution in [0.1, 0.15) is 47.1 Å². The largest absolute Gasteiger partial charge is 0.382 e. The summed E-state index contributed by atoms with van der Waals surface area (Å²) in [7, 11) is 0. The summed E-state index contributed by atoms with van der Waals surface area (Å²) < 4.78 is 2.03. The number of halogens is 1. The molecule has 1 rings (SSSR count). The molecule has 0 atom stereocenters. The monoisotopic (exact) mass is 315 g/mol. The maximum Gasteiger partial charge on any atom is 0.283 e. The molecule has 0 bridgehead atoms. The van der Waals surface area contributed by atoms with Crippen molar-refractivity contribution in [3.8, 4) is 0 Å². The number of anilines is 1. The summed E-state index contributed by atoms with van der Waals surface area (Å²) in [4.78, 5) is 12.0. The number of rotatable bonds is 5. The first-order valence-electron chi connectivity index (χ1n) is 6.29. The van der Waals surface area contributed by atoms with E-state index in [1.54, 1.807) is 6.20 Å². The Morgan fingerprint density at radius 2 is 2.11 bits per heavy atom. The Bertz CT molecular complexity index is 466. The molecule has 1 aromatic heterocycles. The zero-order chi connectivity index (χ0) is 13.9. The van der Waals surface area contributed by atoms with Gasteiger partial charge in [-0.2, -0.15) is 5.10 Å². The standard InChI is InChI=1S/C13H22BrN3O/c1-6-13(4,5)8-15-10-7-16-17(9(2)3)12(18)11(10)14/h7,9,15H,6,8H2,1-5H3. The zero-order valence-electron chi connectivity index (χ0n) is 11.7. The average molecular weight is 316 g/mol. The lowest BCUT2D eigenvalue weighted by Crippen LogP contribution is -2.28. The molecule has 0 radical (unpaired) electrons. The molecule has 1 heterocycles. The third kappa shape index (κ3) is 3.57. The molecule has 0 fully saturated rings. The van der Waals surface area contributed by atoms with Crippen molar-refractivity contribution in [3.63, 3.8) is 0 Å². The third-order valence-corrected chi connectivity index (χ3v) is 3.91. The van der Waals surface area contributed by atoms with Crippen molar-refractivity contribution in [1.82, 2.24) is 9.78 Å². The number of nitrogens with zero attached hydrogens (tertiary/aromatic N) is 2. The summed E-state index contributed by atoms with van der Waals surface area (Å²) in [5.41, 5.74) is 0.870. The molecular weight excluding hydrogens is 294 g/mol. The van der Waals surface area contributed by atoms with Gasteiger partial charge in [0.1, 0.15) is 4.47 Å². The molecule has 0 amide bonds. The Balaban J connectivity index is 2.93. The van der Waals surface area contributed by atoms with Crippen LogP contribution in [0.5, 0.6) is 0 Å². The maximum absolute atomic E-state index is 12.0. The molecule has 0 aliphatic heterocycles. The number of hydrogen-bond donors (Lipinski definition) is 1. The van der Waals surface area contributed by atoms with E-state index in [2.05, 4.69) is 47.1 Å². The second-order valence-corrected chi connectivity index (χ2v) is 6.38. The van der Waals surface area contributed by atoms with Crippen LogP contribution in [0.4, 0.5) is 5.69 Å². The van der Waals surface area contributed by atoms with Crippen LogP contribution in [0.25, 0.3) is 0 Å². The second-order valence-electron chi connectivity index (χ2n) is 5.59. The average Bonchev–Trinajstić information content (AvgIpc) is 2.30. The fraction of sp³-hybridized carbons (Fsp3) is 0.692. The van der Waals surface area contributed by atoms with Crippen LogP contribution in [0.3, 0.4) is 0 Å². The Hall–Kier alpha value is -0.840. The van der Waals surface area contributed by atoms with Crippen molar-refractivity contribution in [1.29, 1.82) is 0 Å². The normalized spacial score (nSPS) is 11.9. The van der Waals surface area contributed by atoms with Gasteiger partial charge in [0.05, 0.1) is 17.9 Å². The van der Waals surface area contributed by atoms with Gasteiger partial charge in [-0.3, -0.25) is 4.79 Å². The van der Waals surface area contributed by atoms with E-state index in [9.17, 15) is 4.79 Å². The van der Waals surface area contributed by atoms with Crippen molar-refractivity contribution >= 4 is 21.6 Å². The first kappa shape index (κ1) is 15.2. The lowest BCUT2D eigenvalue weighted by molar-refractivity contribution is 0.376. The summed E-state index contributed by atoms with van der Waals surface area (Å²) in [6, 6.07) is 0.0648. The van der Waals surface area contributed by atoms with Crippen molar-refractivity contribution in [2.24, 2.45) is 5.41 Å². The quantitative estimate of drug-likeness (QED) is 0.905. The number of nitrogens with one attached hydrogen (secondary N) is 1. The lowest BCUT2D eigenvalue weighted by atomic mass is 9.90. The van der Waals surface area contributed by atoms with E-state index in [-0.39, 0.29) is 17.0 Å². The summed E-state index contributed by atoms with van der Waals surface area (Å²) in [5, 5.41) is 7.47. The molecule has 0 saturated heterocycles. The van der Waals surface area contributed by atoms with Crippen LogP contribution < -0.4 is 10.9 Å². The highest BCUT2D eigenvalue weighted by Crippen LogP contribution is 2.23. The summed E-state index contributed by atoms with van der Waals surface area (Å²) in [6.45, 7) is 11.2. The van der Waals surface area contributed by atoms with Gasteiger partial charge in [-0.15, -0.1) is 0 Å². The highest BCUT2D eigenvalue weighted by Gasteiger charge is 2.16.